The van der Waals surface area contributed by atoms with Crippen LogP contribution in [0.5, 0.6) is 0 Å². The number of hydrogen-bond donors (Lipinski definition) is 0. The average Bonchev–Trinajstić information content (AvgIpc) is 2.55. The molecule has 0 unspecified atom stereocenters. The van der Waals surface area contributed by atoms with Gasteiger partial charge in [0.25, 0.3) is 0 Å². The Morgan fingerprint density at radius 3 is 2.30 bits per heavy atom. The Balaban J connectivity index is 2.19. The molecule has 1 heterocycles. The molecule has 0 saturated carbocycles. The van der Waals surface area contributed by atoms with Crippen molar-refractivity contribution in [3.63, 3.8) is 0 Å². The first kappa shape index (κ1) is 11.2. The summed E-state index contributed by atoms with van der Waals surface area (Å²) in [5, 5.41) is 3.65. The molecule has 20 heavy (non-hydrogen) atoms. The molecule has 0 saturated heterocycles. The van der Waals surface area contributed by atoms with E-state index in [0.717, 1.165) is 5.52 Å². The molecule has 4 aromatic rings. The Kier molecular flexibility index (Phi) is 2.49. The summed E-state index contributed by atoms with van der Waals surface area (Å²) >= 11 is 0. The molecular weight excluding hydrogens is 242 g/mol. The largest absolute Gasteiger partial charge is 0.256 e. The van der Waals surface area contributed by atoms with E-state index in [1.54, 1.807) is 0 Å². The lowest BCUT2D eigenvalue weighted by atomic mass is 9.96. The fourth-order valence-electron chi connectivity index (χ4n) is 2.77. The summed E-state index contributed by atoms with van der Waals surface area (Å²) in [5.41, 5.74) is 3.55. The minimum absolute atomic E-state index is 1.07. The van der Waals surface area contributed by atoms with E-state index in [1.165, 1.54) is 27.3 Å². The highest BCUT2D eigenvalue weighted by atomic mass is 14.6. The van der Waals surface area contributed by atoms with Gasteiger partial charge in [-0.2, -0.15) is 0 Å². The number of benzene rings is 3. The van der Waals surface area contributed by atoms with Crippen LogP contribution in [0.25, 0.3) is 32.8 Å². The topological polar surface area (TPSA) is 12.9 Å². The minimum Gasteiger partial charge on any atom is -0.256 e. The van der Waals surface area contributed by atoms with Crippen molar-refractivity contribution in [3.8, 4) is 11.1 Å². The first-order valence-corrected chi connectivity index (χ1v) is 6.75. The fraction of sp³-hybridized carbons (Fsp3) is 0. The van der Waals surface area contributed by atoms with Crippen molar-refractivity contribution in [1.82, 2.24) is 4.98 Å². The van der Waals surface area contributed by atoms with Crippen molar-refractivity contribution in [3.05, 3.63) is 79.0 Å². The van der Waals surface area contributed by atoms with Crippen LogP contribution in [-0.4, -0.2) is 4.98 Å². The molecule has 0 spiro atoms. The molecule has 0 aliphatic rings. The van der Waals surface area contributed by atoms with Crippen LogP contribution in [0.2, 0.25) is 0 Å². The summed E-state index contributed by atoms with van der Waals surface area (Å²) in [7, 11) is 0. The minimum atomic E-state index is 1.07. The predicted molar refractivity (Wildman–Crippen MR) is 84.7 cm³/mol. The number of hydrogen-bond acceptors (Lipinski definition) is 1. The van der Waals surface area contributed by atoms with Crippen LogP contribution in [-0.2, 0) is 0 Å². The molecule has 1 nitrogen and oxygen atoms in total. The quantitative estimate of drug-likeness (QED) is 0.433. The number of fused-ring (bicyclic) bond motifs is 3. The summed E-state index contributed by atoms with van der Waals surface area (Å²) in [6.07, 6.45) is 1.86. The Hall–Kier alpha value is -2.67. The molecule has 0 aliphatic carbocycles. The van der Waals surface area contributed by atoms with Crippen molar-refractivity contribution in [2.45, 2.75) is 0 Å². The maximum atomic E-state index is 4.60. The van der Waals surface area contributed by atoms with Crippen molar-refractivity contribution in [2.24, 2.45) is 0 Å². The zero-order chi connectivity index (χ0) is 13.4. The first-order chi connectivity index (χ1) is 9.93. The lowest BCUT2D eigenvalue weighted by molar-refractivity contribution is 1.43. The van der Waals surface area contributed by atoms with Gasteiger partial charge in [0.15, 0.2) is 0 Å². The Bertz CT molecular complexity index is 895. The van der Waals surface area contributed by atoms with E-state index in [9.17, 15) is 0 Å². The second-order valence-electron chi connectivity index (χ2n) is 4.91. The van der Waals surface area contributed by atoms with E-state index in [0.29, 0.717) is 0 Å². The lowest BCUT2D eigenvalue weighted by Gasteiger charge is -2.09. The monoisotopic (exact) mass is 255 g/mol. The van der Waals surface area contributed by atoms with Gasteiger partial charge in [-0.05, 0) is 22.6 Å². The molecule has 0 radical (unpaired) electrons. The van der Waals surface area contributed by atoms with Crippen LogP contribution in [0, 0.1) is 0 Å². The van der Waals surface area contributed by atoms with Gasteiger partial charge in [-0.25, -0.2) is 0 Å². The molecule has 1 aromatic heterocycles. The summed E-state index contributed by atoms with van der Waals surface area (Å²) in [6, 6.07) is 25.3. The zero-order valence-electron chi connectivity index (χ0n) is 11.0. The second kappa shape index (κ2) is 4.46. The predicted octanol–water partition coefficient (Wildman–Crippen LogP) is 5.06. The molecular formula is C19H13N. The van der Waals surface area contributed by atoms with E-state index in [4.69, 9.17) is 0 Å². The summed E-state index contributed by atoms with van der Waals surface area (Å²) < 4.78 is 0. The van der Waals surface area contributed by atoms with Gasteiger partial charge in [0, 0.05) is 17.0 Å². The third kappa shape index (κ3) is 1.68. The van der Waals surface area contributed by atoms with Gasteiger partial charge in [0.05, 0.1) is 5.52 Å². The molecule has 0 amide bonds. The van der Waals surface area contributed by atoms with Crippen LogP contribution in [0.15, 0.2) is 79.0 Å². The van der Waals surface area contributed by atoms with Crippen molar-refractivity contribution < 1.29 is 0 Å². The van der Waals surface area contributed by atoms with E-state index in [2.05, 4.69) is 65.6 Å². The molecule has 0 bridgehead atoms. The fourth-order valence-corrected chi connectivity index (χ4v) is 2.77. The molecule has 0 fully saturated rings. The van der Waals surface area contributed by atoms with Gasteiger partial charge in [0.1, 0.15) is 0 Å². The van der Waals surface area contributed by atoms with E-state index in [-0.39, 0.29) is 0 Å². The smallest absolute Gasteiger partial charge is 0.0786 e. The van der Waals surface area contributed by atoms with Crippen LogP contribution < -0.4 is 0 Å². The Morgan fingerprint density at radius 1 is 0.600 bits per heavy atom. The molecule has 3 aromatic carbocycles. The summed E-state index contributed by atoms with van der Waals surface area (Å²) in [6.45, 7) is 0. The van der Waals surface area contributed by atoms with Crippen LogP contribution in [0.4, 0.5) is 0 Å². The van der Waals surface area contributed by atoms with E-state index < -0.39 is 0 Å². The molecule has 94 valence electrons. The van der Waals surface area contributed by atoms with Crippen molar-refractivity contribution in [1.29, 1.82) is 0 Å². The Labute approximate surface area is 117 Å². The van der Waals surface area contributed by atoms with Gasteiger partial charge >= 0.3 is 0 Å². The van der Waals surface area contributed by atoms with Gasteiger partial charge < -0.3 is 0 Å². The van der Waals surface area contributed by atoms with Gasteiger partial charge in [-0.3, -0.25) is 4.98 Å². The maximum Gasteiger partial charge on any atom is 0.0786 e. The maximum absolute atomic E-state index is 4.60. The van der Waals surface area contributed by atoms with Crippen molar-refractivity contribution in [2.75, 3.05) is 0 Å². The van der Waals surface area contributed by atoms with E-state index >= 15 is 0 Å². The molecule has 0 atom stereocenters. The zero-order valence-corrected chi connectivity index (χ0v) is 11.0. The van der Waals surface area contributed by atoms with Gasteiger partial charge in [0.2, 0.25) is 0 Å². The van der Waals surface area contributed by atoms with Crippen LogP contribution in [0.1, 0.15) is 0 Å². The Morgan fingerprint density at radius 2 is 1.40 bits per heavy atom. The van der Waals surface area contributed by atoms with Crippen LogP contribution >= 0.6 is 0 Å². The number of aromatic nitrogens is 1. The standard InChI is InChI=1S/C19H13N/c1-2-6-14(7-3-1)17-10-4-8-15-11-12-16-9-5-13-20-19(16)18(15)17/h1-13H. The third-order valence-corrected chi connectivity index (χ3v) is 3.70. The third-order valence-electron chi connectivity index (χ3n) is 3.70. The van der Waals surface area contributed by atoms with Gasteiger partial charge in [-0.15, -0.1) is 0 Å². The van der Waals surface area contributed by atoms with Gasteiger partial charge in [-0.1, -0.05) is 66.7 Å². The molecule has 0 aliphatic heterocycles. The first-order valence-electron chi connectivity index (χ1n) is 6.75. The van der Waals surface area contributed by atoms with E-state index in [1.807, 2.05) is 18.3 Å². The SMILES string of the molecule is c1ccc(-c2cccc3ccc4cccnc4c23)cc1. The normalized spacial score (nSPS) is 11.0. The highest BCUT2D eigenvalue weighted by Crippen LogP contribution is 2.33. The highest BCUT2D eigenvalue weighted by Gasteiger charge is 2.07. The molecule has 0 N–H and O–H groups in total. The number of pyridine rings is 1. The van der Waals surface area contributed by atoms with Crippen LogP contribution in [0.3, 0.4) is 0 Å². The average molecular weight is 255 g/mol. The summed E-state index contributed by atoms with van der Waals surface area (Å²) in [4.78, 5) is 4.60. The number of nitrogens with zero attached hydrogens (tertiary/aromatic N) is 1. The summed E-state index contributed by atoms with van der Waals surface area (Å²) in [5.74, 6) is 0. The second-order valence-corrected chi connectivity index (χ2v) is 4.91. The highest BCUT2D eigenvalue weighted by molar-refractivity contribution is 6.12. The van der Waals surface area contributed by atoms with Crippen molar-refractivity contribution >= 4 is 21.7 Å². The number of rotatable bonds is 1. The lowest BCUT2D eigenvalue weighted by Crippen LogP contribution is -1.85. The molecule has 4 rings (SSSR count). The molecule has 1 heteroatoms.